The van der Waals surface area contributed by atoms with Crippen molar-refractivity contribution in [3.8, 4) is 5.75 Å². The van der Waals surface area contributed by atoms with Crippen LogP contribution in [0.15, 0.2) is 23.1 Å². The van der Waals surface area contributed by atoms with E-state index in [1.165, 1.54) is 0 Å². The van der Waals surface area contributed by atoms with Crippen molar-refractivity contribution in [1.82, 2.24) is 4.72 Å². The van der Waals surface area contributed by atoms with Crippen LogP contribution in [0.25, 0.3) is 0 Å². The predicted molar refractivity (Wildman–Crippen MR) is 72.8 cm³/mol. The molecule has 1 rings (SSSR count). The summed E-state index contributed by atoms with van der Waals surface area (Å²) in [4.78, 5) is 9.56. The first-order valence-corrected chi connectivity index (χ1v) is 7.37. The maximum absolute atomic E-state index is 12.1. The number of hydrogen-bond donors (Lipinski definition) is 3. The lowest BCUT2D eigenvalue weighted by molar-refractivity contribution is -0.386. The highest BCUT2D eigenvalue weighted by atomic mass is 32.2. The van der Waals surface area contributed by atoms with E-state index in [4.69, 9.17) is 5.73 Å². The zero-order valence-electron chi connectivity index (χ0n) is 11.1. The Hall–Kier alpha value is -1.71. The highest BCUT2D eigenvalue weighted by Gasteiger charge is 2.24. The van der Waals surface area contributed by atoms with Gasteiger partial charge in [0, 0.05) is 18.7 Å². The molecule has 20 heavy (non-hydrogen) atoms. The summed E-state index contributed by atoms with van der Waals surface area (Å²) in [6.45, 7) is 3.72. The van der Waals surface area contributed by atoms with Crippen molar-refractivity contribution in [2.24, 2.45) is 11.7 Å². The van der Waals surface area contributed by atoms with E-state index in [0.29, 0.717) is 0 Å². The molecule has 0 fully saturated rings. The van der Waals surface area contributed by atoms with Crippen LogP contribution in [0.2, 0.25) is 0 Å². The average molecular weight is 303 g/mol. The molecule has 1 atom stereocenters. The van der Waals surface area contributed by atoms with Gasteiger partial charge in [-0.3, -0.25) is 10.1 Å². The zero-order chi connectivity index (χ0) is 15.5. The topological polar surface area (TPSA) is 136 Å². The number of phenolic OH excluding ortho intramolecular Hbond substituents is 1. The number of nitrogens with two attached hydrogens (primary N) is 1. The van der Waals surface area contributed by atoms with Gasteiger partial charge in [-0.05, 0) is 18.1 Å². The Labute approximate surface area is 116 Å². The van der Waals surface area contributed by atoms with E-state index in [9.17, 15) is 23.6 Å². The summed E-state index contributed by atoms with van der Waals surface area (Å²) < 4.78 is 26.6. The molecule has 0 heterocycles. The fourth-order valence-corrected chi connectivity index (χ4v) is 2.96. The summed E-state index contributed by atoms with van der Waals surface area (Å²) in [7, 11) is -3.93. The Morgan fingerprint density at radius 1 is 1.45 bits per heavy atom. The van der Waals surface area contributed by atoms with Gasteiger partial charge in [0.25, 0.3) is 0 Å². The van der Waals surface area contributed by atoms with Crippen LogP contribution in [-0.2, 0) is 10.0 Å². The van der Waals surface area contributed by atoms with E-state index in [2.05, 4.69) is 4.72 Å². The first kappa shape index (κ1) is 16.3. The summed E-state index contributed by atoms with van der Waals surface area (Å²) in [6, 6.07) is 2.40. The molecule has 0 aromatic heterocycles. The van der Waals surface area contributed by atoms with Crippen LogP contribution >= 0.6 is 0 Å². The molecule has 112 valence electrons. The predicted octanol–water partition coefficient (Wildman–Crippen LogP) is 0.562. The van der Waals surface area contributed by atoms with E-state index in [1.54, 1.807) is 13.8 Å². The molecular weight excluding hydrogens is 286 g/mol. The number of phenols is 1. The number of rotatable bonds is 6. The zero-order valence-corrected chi connectivity index (χ0v) is 11.9. The Kier molecular flexibility index (Phi) is 5.03. The van der Waals surface area contributed by atoms with Gasteiger partial charge in [-0.15, -0.1) is 0 Å². The SMILES string of the molecule is CC(C)C(CN)NS(=O)(=O)c1ccc(O)c([N+](=O)[O-])c1. The summed E-state index contributed by atoms with van der Waals surface area (Å²) in [6.07, 6.45) is 0. The van der Waals surface area contributed by atoms with Gasteiger partial charge in [-0.1, -0.05) is 13.8 Å². The van der Waals surface area contributed by atoms with Gasteiger partial charge in [-0.25, -0.2) is 13.1 Å². The lowest BCUT2D eigenvalue weighted by Gasteiger charge is -2.20. The first-order valence-electron chi connectivity index (χ1n) is 5.89. The van der Waals surface area contributed by atoms with Crippen LogP contribution in [0.3, 0.4) is 0 Å². The maximum Gasteiger partial charge on any atom is 0.312 e. The Morgan fingerprint density at radius 3 is 2.50 bits per heavy atom. The van der Waals surface area contributed by atoms with Crippen molar-refractivity contribution in [2.45, 2.75) is 24.8 Å². The van der Waals surface area contributed by atoms with Crippen molar-refractivity contribution in [3.63, 3.8) is 0 Å². The van der Waals surface area contributed by atoms with Crippen LogP contribution in [-0.4, -0.2) is 31.0 Å². The minimum Gasteiger partial charge on any atom is -0.502 e. The Morgan fingerprint density at radius 2 is 2.05 bits per heavy atom. The summed E-state index contributed by atoms with van der Waals surface area (Å²) in [5.74, 6) is -0.616. The third-order valence-electron chi connectivity index (χ3n) is 2.82. The van der Waals surface area contributed by atoms with Gasteiger partial charge in [-0.2, -0.15) is 0 Å². The van der Waals surface area contributed by atoms with E-state index in [1.807, 2.05) is 0 Å². The van der Waals surface area contributed by atoms with Gasteiger partial charge in [0.15, 0.2) is 5.75 Å². The third kappa shape index (κ3) is 3.65. The normalized spacial score (nSPS) is 13.4. The first-order chi connectivity index (χ1) is 9.19. The highest BCUT2D eigenvalue weighted by Crippen LogP contribution is 2.28. The molecule has 1 aromatic carbocycles. The number of sulfonamides is 1. The van der Waals surface area contributed by atoms with Gasteiger partial charge in [0.1, 0.15) is 0 Å². The molecule has 0 saturated heterocycles. The molecule has 9 heteroatoms. The van der Waals surface area contributed by atoms with Crippen molar-refractivity contribution in [1.29, 1.82) is 0 Å². The van der Waals surface area contributed by atoms with Crippen molar-refractivity contribution in [2.75, 3.05) is 6.54 Å². The van der Waals surface area contributed by atoms with E-state index in [0.717, 1.165) is 18.2 Å². The van der Waals surface area contributed by atoms with E-state index >= 15 is 0 Å². The average Bonchev–Trinajstić information content (AvgIpc) is 2.35. The number of nitro benzene ring substituents is 1. The van der Waals surface area contributed by atoms with Crippen LogP contribution in [0.5, 0.6) is 5.75 Å². The number of nitrogens with one attached hydrogen (secondary N) is 1. The fraction of sp³-hybridized carbons (Fsp3) is 0.455. The molecule has 0 amide bonds. The summed E-state index contributed by atoms with van der Waals surface area (Å²) in [5, 5.41) is 20.0. The molecule has 0 bridgehead atoms. The molecule has 1 aromatic rings. The van der Waals surface area contributed by atoms with Gasteiger partial charge >= 0.3 is 5.69 Å². The standard InChI is InChI=1S/C11H17N3O5S/c1-7(2)9(6-12)13-20(18,19)8-3-4-11(15)10(5-8)14(16)17/h3-5,7,9,13,15H,6,12H2,1-2H3. The monoisotopic (exact) mass is 303 g/mol. The minimum absolute atomic E-state index is 0.0260. The fourth-order valence-electron chi connectivity index (χ4n) is 1.54. The lowest BCUT2D eigenvalue weighted by Crippen LogP contribution is -2.43. The number of aromatic hydroxyl groups is 1. The number of hydrogen-bond acceptors (Lipinski definition) is 6. The van der Waals surface area contributed by atoms with Gasteiger partial charge < -0.3 is 10.8 Å². The number of nitro groups is 1. The second-order valence-corrected chi connectivity index (χ2v) is 6.33. The largest absolute Gasteiger partial charge is 0.502 e. The molecule has 0 radical (unpaired) electrons. The summed E-state index contributed by atoms with van der Waals surface area (Å²) >= 11 is 0. The van der Waals surface area contributed by atoms with Crippen LogP contribution in [0, 0.1) is 16.0 Å². The Balaban J connectivity index is 3.16. The van der Waals surface area contributed by atoms with E-state index in [-0.39, 0.29) is 17.4 Å². The molecule has 4 N–H and O–H groups in total. The smallest absolute Gasteiger partial charge is 0.312 e. The van der Waals surface area contributed by atoms with Crippen LogP contribution in [0.4, 0.5) is 5.69 Å². The van der Waals surface area contributed by atoms with Gasteiger partial charge in [0.05, 0.1) is 9.82 Å². The molecular formula is C11H17N3O5S. The highest BCUT2D eigenvalue weighted by molar-refractivity contribution is 7.89. The lowest BCUT2D eigenvalue weighted by atomic mass is 10.1. The van der Waals surface area contributed by atoms with E-state index < -0.39 is 32.4 Å². The third-order valence-corrected chi connectivity index (χ3v) is 4.31. The molecule has 0 aliphatic carbocycles. The quantitative estimate of drug-likeness (QED) is 0.519. The number of benzene rings is 1. The molecule has 8 nitrogen and oxygen atoms in total. The second kappa shape index (κ2) is 6.16. The second-order valence-electron chi connectivity index (χ2n) is 4.62. The van der Waals surface area contributed by atoms with Crippen molar-refractivity contribution >= 4 is 15.7 Å². The van der Waals surface area contributed by atoms with Crippen molar-refractivity contribution in [3.05, 3.63) is 28.3 Å². The molecule has 0 aliphatic rings. The van der Waals surface area contributed by atoms with Crippen LogP contribution in [0.1, 0.15) is 13.8 Å². The minimum atomic E-state index is -3.93. The van der Waals surface area contributed by atoms with Gasteiger partial charge in [0.2, 0.25) is 10.0 Å². The van der Waals surface area contributed by atoms with Crippen molar-refractivity contribution < 1.29 is 18.4 Å². The molecule has 1 unspecified atom stereocenters. The van der Waals surface area contributed by atoms with Crippen LogP contribution < -0.4 is 10.5 Å². The Bertz CT molecular complexity index is 600. The molecule has 0 saturated carbocycles. The molecule has 0 spiro atoms. The molecule has 0 aliphatic heterocycles. The summed E-state index contributed by atoms with van der Waals surface area (Å²) in [5.41, 5.74) is 4.82. The number of nitrogens with zero attached hydrogens (tertiary/aromatic N) is 1. The maximum atomic E-state index is 12.1.